The van der Waals surface area contributed by atoms with Crippen molar-refractivity contribution in [1.29, 1.82) is 0 Å². The van der Waals surface area contributed by atoms with Gasteiger partial charge < -0.3 is 9.30 Å². The number of aryl methyl sites for hydroxylation is 1. The van der Waals surface area contributed by atoms with Crippen molar-refractivity contribution in [3.8, 4) is 0 Å². The first-order valence-electron chi connectivity index (χ1n) is 7.01. The van der Waals surface area contributed by atoms with E-state index in [-0.39, 0.29) is 5.97 Å². The Bertz CT molecular complexity index is 621. The largest absolute Gasteiger partial charge is 0.465 e. The highest BCUT2D eigenvalue weighted by Gasteiger charge is 2.22. The molecule has 2 aromatic rings. The van der Waals surface area contributed by atoms with Gasteiger partial charge in [-0.05, 0) is 42.9 Å². The zero-order valence-electron chi connectivity index (χ0n) is 11.9. The molecule has 1 heterocycles. The minimum Gasteiger partial charge on any atom is -0.465 e. The van der Waals surface area contributed by atoms with Gasteiger partial charge in [-0.2, -0.15) is 0 Å². The summed E-state index contributed by atoms with van der Waals surface area (Å²) in [6, 6.07) is 10.7. The van der Waals surface area contributed by atoms with E-state index < -0.39 is 0 Å². The number of benzene rings is 1. The second kappa shape index (κ2) is 5.16. The van der Waals surface area contributed by atoms with Crippen LogP contribution in [0.3, 0.4) is 0 Å². The number of aromatic nitrogens is 1. The molecule has 20 heavy (non-hydrogen) atoms. The number of hydrogen-bond donors (Lipinski definition) is 0. The van der Waals surface area contributed by atoms with Gasteiger partial charge in [-0.15, -0.1) is 0 Å². The third-order valence-electron chi connectivity index (χ3n) is 3.91. The van der Waals surface area contributed by atoms with Crippen LogP contribution in [0, 0.1) is 6.92 Å². The van der Waals surface area contributed by atoms with E-state index in [1.807, 2.05) is 19.2 Å². The normalized spacial score (nSPS) is 14.3. The lowest BCUT2D eigenvalue weighted by Crippen LogP contribution is -2.01. The lowest BCUT2D eigenvalue weighted by Gasteiger charge is -2.07. The molecule has 3 heteroatoms. The van der Waals surface area contributed by atoms with Gasteiger partial charge >= 0.3 is 5.97 Å². The Balaban J connectivity index is 1.76. The van der Waals surface area contributed by atoms with Gasteiger partial charge in [-0.3, -0.25) is 0 Å². The third-order valence-corrected chi connectivity index (χ3v) is 3.91. The number of ether oxygens (including phenoxy) is 1. The van der Waals surface area contributed by atoms with Crippen LogP contribution in [-0.2, 0) is 11.3 Å². The van der Waals surface area contributed by atoms with E-state index in [1.165, 1.54) is 31.1 Å². The molecule has 3 rings (SSSR count). The summed E-state index contributed by atoms with van der Waals surface area (Å²) in [5.41, 5.74) is 4.38. The first-order valence-corrected chi connectivity index (χ1v) is 7.01. The molecule has 0 unspecified atom stereocenters. The van der Waals surface area contributed by atoms with Crippen molar-refractivity contribution in [2.24, 2.45) is 0 Å². The summed E-state index contributed by atoms with van der Waals surface area (Å²) in [6.45, 7) is 2.79. The number of methoxy groups -OCH3 is 1. The summed E-state index contributed by atoms with van der Waals surface area (Å²) >= 11 is 0. The summed E-state index contributed by atoms with van der Waals surface area (Å²) in [6.07, 6.45) is 4.52. The Morgan fingerprint density at radius 1 is 1.30 bits per heavy atom. The average molecular weight is 269 g/mol. The molecule has 0 aliphatic heterocycles. The minimum atomic E-state index is -0.282. The van der Waals surface area contributed by atoms with Gasteiger partial charge in [0.2, 0.25) is 0 Å². The van der Waals surface area contributed by atoms with E-state index in [0.29, 0.717) is 5.56 Å². The Morgan fingerprint density at radius 3 is 2.60 bits per heavy atom. The van der Waals surface area contributed by atoms with E-state index in [1.54, 1.807) is 0 Å². The van der Waals surface area contributed by atoms with E-state index >= 15 is 0 Å². The van der Waals surface area contributed by atoms with E-state index in [0.717, 1.165) is 18.2 Å². The van der Waals surface area contributed by atoms with Gasteiger partial charge in [0.05, 0.1) is 12.7 Å². The first-order chi connectivity index (χ1) is 9.67. The molecule has 0 atom stereocenters. The molecule has 1 fully saturated rings. The van der Waals surface area contributed by atoms with Crippen LogP contribution < -0.4 is 0 Å². The van der Waals surface area contributed by atoms with Gasteiger partial charge in [-0.25, -0.2) is 4.79 Å². The van der Waals surface area contributed by atoms with Gasteiger partial charge in [-0.1, -0.05) is 24.3 Å². The van der Waals surface area contributed by atoms with Crippen LogP contribution >= 0.6 is 0 Å². The number of carbonyl (C=O) groups excluding carboxylic acids is 1. The summed E-state index contributed by atoms with van der Waals surface area (Å²) < 4.78 is 6.83. The number of nitrogens with zero attached hydrogens (tertiary/aromatic N) is 1. The molecule has 0 N–H and O–H groups in total. The molecular weight excluding hydrogens is 250 g/mol. The molecule has 1 aliphatic carbocycles. The van der Waals surface area contributed by atoms with E-state index in [2.05, 4.69) is 28.8 Å². The lowest BCUT2D eigenvalue weighted by atomic mass is 10.1. The van der Waals surface area contributed by atoms with Gasteiger partial charge in [0, 0.05) is 18.4 Å². The van der Waals surface area contributed by atoms with Crippen molar-refractivity contribution in [1.82, 2.24) is 4.57 Å². The van der Waals surface area contributed by atoms with Gasteiger partial charge in [0.15, 0.2) is 0 Å². The molecule has 1 aromatic heterocycles. The number of carbonyl (C=O) groups is 1. The summed E-state index contributed by atoms with van der Waals surface area (Å²) in [5, 5.41) is 0. The van der Waals surface area contributed by atoms with Crippen molar-refractivity contribution in [3.05, 3.63) is 58.9 Å². The fraction of sp³-hybridized carbons (Fsp3) is 0.353. The minimum absolute atomic E-state index is 0.282. The molecule has 3 nitrogen and oxygen atoms in total. The number of esters is 1. The maximum absolute atomic E-state index is 11.5. The summed E-state index contributed by atoms with van der Waals surface area (Å²) in [7, 11) is 1.41. The third kappa shape index (κ3) is 2.62. The first kappa shape index (κ1) is 13.0. The lowest BCUT2D eigenvalue weighted by molar-refractivity contribution is 0.0600. The fourth-order valence-electron chi connectivity index (χ4n) is 2.52. The SMILES string of the molecule is COC(=O)c1cc(C)n(Cc2ccc(C3CC3)cc2)c1. The standard InChI is InChI=1S/C17H19NO2/c1-12-9-16(17(19)20-2)11-18(12)10-13-3-5-14(6-4-13)15-7-8-15/h3-6,9,11,15H,7-8,10H2,1-2H3. The fourth-order valence-corrected chi connectivity index (χ4v) is 2.52. The van der Waals surface area contributed by atoms with Crippen LogP contribution in [0.1, 0.15) is 45.9 Å². The molecule has 104 valence electrons. The van der Waals surface area contributed by atoms with Gasteiger partial charge in [0.1, 0.15) is 0 Å². The molecule has 0 amide bonds. The molecule has 0 spiro atoms. The second-order valence-corrected chi connectivity index (χ2v) is 5.51. The Morgan fingerprint density at radius 2 is 2.00 bits per heavy atom. The van der Waals surface area contributed by atoms with Crippen LogP contribution in [0.2, 0.25) is 0 Å². The van der Waals surface area contributed by atoms with Crippen LogP contribution in [-0.4, -0.2) is 17.6 Å². The quantitative estimate of drug-likeness (QED) is 0.795. The maximum Gasteiger partial charge on any atom is 0.339 e. The summed E-state index contributed by atoms with van der Waals surface area (Å²) in [4.78, 5) is 11.5. The van der Waals surface area contributed by atoms with Crippen LogP contribution in [0.4, 0.5) is 0 Å². The molecular formula is C17H19NO2. The van der Waals surface area contributed by atoms with E-state index in [9.17, 15) is 4.79 Å². The highest BCUT2D eigenvalue weighted by molar-refractivity contribution is 5.89. The molecule has 1 saturated carbocycles. The Labute approximate surface area is 119 Å². The van der Waals surface area contributed by atoms with Crippen LogP contribution in [0.25, 0.3) is 0 Å². The monoisotopic (exact) mass is 269 g/mol. The molecule has 0 bridgehead atoms. The highest BCUT2D eigenvalue weighted by atomic mass is 16.5. The van der Waals surface area contributed by atoms with Crippen molar-refractivity contribution in [3.63, 3.8) is 0 Å². The van der Waals surface area contributed by atoms with Crippen LogP contribution in [0.15, 0.2) is 36.5 Å². The Hall–Kier alpha value is -2.03. The van der Waals surface area contributed by atoms with Crippen molar-refractivity contribution in [2.75, 3.05) is 7.11 Å². The molecule has 0 saturated heterocycles. The number of rotatable bonds is 4. The van der Waals surface area contributed by atoms with Crippen molar-refractivity contribution in [2.45, 2.75) is 32.2 Å². The van der Waals surface area contributed by atoms with Crippen molar-refractivity contribution < 1.29 is 9.53 Å². The Kier molecular flexibility index (Phi) is 3.35. The van der Waals surface area contributed by atoms with E-state index in [4.69, 9.17) is 4.74 Å². The molecule has 1 aliphatic rings. The number of hydrogen-bond acceptors (Lipinski definition) is 2. The maximum atomic E-state index is 11.5. The highest BCUT2D eigenvalue weighted by Crippen LogP contribution is 2.39. The van der Waals surface area contributed by atoms with Gasteiger partial charge in [0.25, 0.3) is 0 Å². The average Bonchev–Trinajstić information content (AvgIpc) is 3.24. The topological polar surface area (TPSA) is 31.2 Å². The predicted molar refractivity (Wildman–Crippen MR) is 78.0 cm³/mol. The van der Waals surface area contributed by atoms with Crippen molar-refractivity contribution >= 4 is 5.97 Å². The van der Waals surface area contributed by atoms with Crippen LogP contribution in [0.5, 0.6) is 0 Å². The predicted octanol–water partition coefficient (Wildman–Crippen LogP) is 3.51. The molecule has 0 radical (unpaired) electrons. The summed E-state index contributed by atoms with van der Waals surface area (Å²) in [5.74, 6) is 0.513. The zero-order valence-corrected chi connectivity index (χ0v) is 11.9. The second-order valence-electron chi connectivity index (χ2n) is 5.51. The smallest absolute Gasteiger partial charge is 0.339 e. The zero-order chi connectivity index (χ0) is 14.1. The molecule has 1 aromatic carbocycles.